The normalized spacial score (nSPS) is 10.9. The SMILES string of the molecule is CCOC(=O)C(=O)c1ccc(S(C)(=O)=O)c(OC)c1. The van der Waals surface area contributed by atoms with Gasteiger partial charge in [0.1, 0.15) is 10.6 Å². The fourth-order valence-electron chi connectivity index (χ4n) is 1.43. The van der Waals surface area contributed by atoms with Gasteiger partial charge in [0.2, 0.25) is 0 Å². The smallest absolute Gasteiger partial charge is 0.379 e. The molecule has 0 aliphatic rings. The summed E-state index contributed by atoms with van der Waals surface area (Å²) in [5, 5.41) is 0. The topological polar surface area (TPSA) is 86.7 Å². The minimum Gasteiger partial charge on any atom is -0.495 e. The molecule has 0 radical (unpaired) electrons. The van der Waals surface area contributed by atoms with Crippen LogP contribution in [-0.4, -0.2) is 40.1 Å². The fourth-order valence-corrected chi connectivity index (χ4v) is 2.25. The number of ketones is 1. The molecule has 1 rings (SSSR count). The molecule has 0 atom stereocenters. The van der Waals surface area contributed by atoms with E-state index >= 15 is 0 Å². The summed E-state index contributed by atoms with van der Waals surface area (Å²) in [5.41, 5.74) is 0.0164. The van der Waals surface area contributed by atoms with Crippen molar-refractivity contribution in [1.82, 2.24) is 0 Å². The van der Waals surface area contributed by atoms with Crippen molar-refractivity contribution in [3.05, 3.63) is 23.8 Å². The molecule has 0 heterocycles. The quantitative estimate of drug-likeness (QED) is 0.453. The van der Waals surface area contributed by atoms with Gasteiger partial charge in [-0.1, -0.05) is 0 Å². The minimum atomic E-state index is -3.47. The molecule has 7 heteroatoms. The first-order valence-electron chi connectivity index (χ1n) is 5.40. The number of Topliss-reactive ketones (excluding diaryl/α,β-unsaturated/α-hetero) is 1. The number of carbonyl (C=O) groups excluding carboxylic acids is 2. The first-order valence-corrected chi connectivity index (χ1v) is 7.30. The van der Waals surface area contributed by atoms with Crippen molar-refractivity contribution in [1.29, 1.82) is 0 Å². The number of rotatable bonds is 5. The molecule has 0 bridgehead atoms. The van der Waals surface area contributed by atoms with E-state index in [0.29, 0.717) is 0 Å². The third kappa shape index (κ3) is 3.54. The Bertz CT molecular complexity index is 603. The van der Waals surface area contributed by atoms with Crippen LogP contribution in [0, 0.1) is 0 Å². The monoisotopic (exact) mass is 286 g/mol. The van der Waals surface area contributed by atoms with Gasteiger partial charge in [-0.25, -0.2) is 13.2 Å². The van der Waals surface area contributed by atoms with Gasteiger partial charge in [0.25, 0.3) is 5.78 Å². The fraction of sp³-hybridized carbons (Fsp3) is 0.333. The molecule has 0 amide bonds. The number of hydrogen-bond donors (Lipinski definition) is 0. The number of esters is 1. The predicted molar refractivity (Wildman–Crippen MR) is 67.1 cm³/mol. The molecule has 0 saturated carbocycles. The molecule has 0 aromatic heterocycles. The number of carbonyl (C=O) groups is 2. The van der Waals surface area contributed by atoms with Crippen LogP contribution in [0.1, 0.15) is 17.3 Å². The van der Waals surface area contributed by atoms with E-state index in [4.69, 9.17) is 4.74 Å². The molecule has 0 spiro atoms. The second-order valence-corrected chi connectivity index (χ2v) is 5.67. The Morgan fingerprint density at radius 2 is 1.89 bits per heavy atom. The summed E-state index contributed by atoms with van der Waals surface area (Å²) in [7, 11) is -2.19. The lowest BCUT2D eigenvalue weighted by molar-refractivity contribution is -0.137. The van der Waals surface area contributed by atoms with E-state index in [0.717, 1.165) is 6.26 Å². The highest BCUT2D eigenvalue weighted by Crippen LogP contribution is 2.25. The van der Waals surface area contributed by atoms with Crippen LogP contribution in [0.5, 0.6) is 5.75 Å². The first-order chi connectivity index (χ1) is 8.81. The van der Waals surface area contributed by atoms with Gasteiger partial charge in [0.15, 0.2) is 9.84 Å². The summed E-state index contributed by atoms with van der Waals surface area (Å²) in [4.78, 5) is 22.9. The molecule has 19 heavy (non-hydrogen) atoms. The van der Waals surface area contributed by atoms with Crippen LogP contribution in [0.2, 0.25) is 0 Å². The zero-order chi connectivity index (χ0) is 14.6. The molecule has 104 valence electrons. The zero-order valence-corrected chi connectivity index (χ0v) is 11.6. The molecule has 1 aromatic rings. The number of methoxy groups -OCH3 is 1. The molecular weight excluding hydrogens is 272 g/mol. The summed E-state index contributed by atoms with van der Waals surface area (Å²) < 4.78 is 32.4. The van der Waals surface area contributed by atoms with E-state index in [1.807, 2.05) is 0 Å². The zero-order valence-electron chi connectivity index (χ0n) is 10.8. The Labute approximate surface area is 111 Å². The lowest BCUT2D eigenvalue weighted by Crippen LogP contribution is -2.17. The average molecular weight is 286 g/mol. The van der Waals surface area contributed by atoms with Gasteiger partial charge in [-0.2, -0.15) is 0 Å². The summed E-state index contributed by atoms with van der Waals surface area (Å²) in [6.45, 7) is 1.67. The Kier molecular flexibility index (Phi) is 4.66. The molecular formula is C12H14O6S. The van der Waals surface area contributed by atoms with Crippen molar-refractivity contribution in [2.75, 3.05) is 20.0 Å². The van der Waals surface area contributed by atoms with Crippen molar-refractivity contribution in [2.45, 2.75) is 11.8 Å². The van der Waals surface area contributed by atoms with Gasteiger partial charge < -0.3 is 9.47 Å². The Hall–Kier alpha value is -1.89. The number of sulfone groups is 1. The standard InChI is InChI=1S/C12H14O6S/c1-4-18-12(14)11(13)8-5-6-10(19(3,15)16)9(7-8)17-2/h5-7H,4H2,1-3H3. The number of hydrogen-bond acceptors (Lipinski definition) is 6. The van der Waals surface area contributed by atoms with Gasteiger partial charge in [-0.05, 0) is 25.1 Å². The summed E-state index contributed by atoms with van der Waals surface area (Å²) >= 11 is 0. The summed E-state index contributed by atoms with van der Waals surface area (Å²) in [6, 6.07) is 3.68. The molecule has 0 saturated heterocycles. The molecule has 0 N–H and O–H groups in total. The van der Waals surface area contributed by atoms with E-state index in [2.05, 4.69) is 4.74 Å². The van der Waals surface area contributed by atoms with Crippen molar-refractivity contribution < 1.29 is 27.5 Å². The second kappa shape index (κ2) is 5.83. The van der Waals surface area contributed by atoms with E-state index < -0.39 is 21.6 Å². The maximum Gasteiger partial charge on any atom is 0.379 e. The number of ether oxygens (including phenoxy) is 2. The van der Waals surface area contributed by atoms with Gasteiger partial charge in [0, 0.05) is 11.8 Å². The van der Waals surface area contributed by atoms with Gasteiger partial charge in [-0.15, -0.1) is 0 Å². The van der Waals surface area contributed by atoms with Gasteiger partial charge >= 0.3 is 5.97 Å². The van der Waals surface area contributed by atoms with Crippen LogP contribution < -0.4 is 4.74 Å². The maximum absolute atomic E-state index is 11.7. The molecule has 1 aromatic carbocycles. The van der Waals surface area contributed by atoms with Crippen LogP contribution in [0.15, 0.2) is 23.1 Å². The van der Waals surface area contributed by atoms with Crippen LogP contribution in [0.25, 0.3) is 0 Å². The van der Waals surface area contributed by atoms with Gasteiger partial charge in [0.05, 0.1) is 13.7 Å². The van der Waals surface area contributed by atoms with E-state index in [1.54, 1.807) is 6.92 Å². The Morgan fingerprint density at radius 3 is 2.37 bits per heavy atom. The van der Waals surface area contributed by atoms with Crippen molar-refractivity contribution in [2.24, 2.45) is 0 Å². The molecule has 6 nitrogen and oxygen atoms in total. The van der Waals surface area contributed by atoms with Crippen molar-refractivity contribution in [3.8, 4) is 5.75 Å². The van der Waals surface area contributed by atoms with E-state index in [-0.39, 0.29) is 22.8 Å². The minimum absolute atomic E-state index is 0.0117. The molecule has 0 fully saturated rings. The maximum atomic E-state index is 11.7. The number of benzene rings is 1. The highest BCUT2D eigenvalue weighted by molar-refractivity contribution is 7.90. The first kappa shape index (κ1) is 15.2. The third-order valence-corrected chi connectivity index (χ3v) is 3.42. The van der Waals surface area contributed by atoms with Crippen LogP contribution >= 0.6 is 0 Å². The molecule has 0 aliphatic heterocycles. The van der Waals surface area contributed by atoms with Crippen molar-refractivity contribution >= 4 is 21.6 Å². The predicted octanol–water partition coefficient (Wildman–Crippen LogP) is 0.845. The molecule has 0 aliphatic carbocycles. The van der Waals surface area contributed by atoms with Crippen LogP contribution in [-0.2, 0) is 19.4 Å². The Morgan fingerprint density at radius 1 is 1.26 bits per heavy atom. The van der Waals surface area contributed by atoms with Gasteiger partial charge in [-0.3, -0.25) is 4.79 Å². The Balaban J connectivity index is 3.21. The molecule has 0 unspecified atom stereocenters. The van der Waals surface area contributed by atoms with Crippen LogP contribution in [0.3, 0.4) is 0 Å². The second-order valence-electron chi connectivity index (χ2n) is 3.69. The summed E-state index contributed by atoms with van der Waals surface area (Å²) in [6.07, 6.45) is 1.03. The third-order valence-electron chi connectivity index (χ3n) is 2.29. The van der Waals surface area contributed by atoms with E-state index in [9.17, 15) is 18.0 Å². The lowest BCUT2D eigenvalue weighted by atomic mass is 10.1. The largest absolute Gasteiger partial charge is 0.495 e. The highest BCUT2D eigenvalue weighted by Gasteiger charge is 2.21. The lowest BCUT2D eigenvalue weighted by Gasteiger charge is -2.08. The average Bonchev–Trinajstić information content (AvgIpc) is 2.36. The van der Waals surface area contributed by atoms with E-state index in [1.165, 1.54) is 25.3 Å². The van der Waals surface area contributed by atoms with Crippen molar-refractivity contribution in [3.63, 3.8) is 0 Å². The van der Waals surface area contributed by atoms with Crippen LogP contribution in [0.4, 0.5) is 0 Å². The summed E-state index contributed by atoms with van der Waals surface area (Å²) in [5.74, 6) is -1.82. The highest BCUT2D eigenvalue weighted by atomic mass is 32.2.